The number of hydrogen-bond donors (Lipinski definition) is 1. The molecular formula is C6H10FN. The molecule has 0 spiro atoms. The Morgan fingerprint density at radius 3 is 2.50 bits per heavy atom. The molecular weight excluding hydrogens is 105 g/mol. The molecule has 0 aromatic rings. The number of rotatable bonds is 3. The molecule has 1 nitrogen and oxygen atoms in total. The third-order valence-electron chi connectivity index (χ3n) is 0.631. The summed E-state index contributed by atoms with van der Waals surface area (Å²) in [5.41, 5.74) is 0.514. The quantitative estimate of drug-likeness (QED) is 0.435. The zero-order valence-corrected chi connectivity index (χ0v) is 4.95. The van der Waals surface area contributed by atoms with E-state index in [2.05, 4.69) is 18.5 Å². The molecule has 0 fully saturated rings. The van der Waals surface area contributed by atoms with E-state index < -0.39 is 6.30 Å². The highest BCUT2D eigenvalue weighted by molar-refractivity contribution is 5.08. The van der Waals surface area contributed by atoms with Crippen molar-refractivity contribution in [3.05, 3.63) is 24.9 Å². The van der Waals surface area contributed by atoms with Crippen LogP contribution < -0.4 is 5.32 Å². The highest BCUT2D eigenvalue weighted by Crippen LogP contribution is 1.88. The smallest absolute Gasteiger partial charge is 0.167 e. The lowest BCUT2D eigenvalue weighted by molar-refractivity contribution is 0.324. The Labute approximate surface area is 48.9 Å². The molecule has 0 aromatic heterocycles. The van der Waals surface area contributed by atoms with Gasteiger partial charge < -0.3 is 5.32 Å². The number of alkyl halides is 1. The Balaban J connectivity index is 3.39. The molecule has 1 atom stereocenters. The molecule has 8 heavy (non-hydrogen) atoms. The molecule has 0 aromatic carbocycles. The molecule has 0 radical (unpaired) electrons. The summed E-state index contributed by atoms with van der Waals surface area (Å²) in [6.45, 7) is 8.23. The van der Waals surface area contributed by atoms with Gasteiger partial charge in [-0.05, 0) is 13.0 Å². The second kappa shape index (κ2) is 3.24. The first kappa shape index (κ1) is 7.21. The van der Waals surface area contributed by atoms with Crippen molar-refractivity contribution in [2.75, 3.05) is 0 Å². The van der Waals surface area contributed by atoms with Crippen molar-refractivity contribution >= 4 is 0 Å². The maximum atomic E-state index is 11.9. The summed E-state index contributed by atoms with van der Waals surface area (Å²) in [5.74, 6) is 0. The summed E-state index contributed by atoms with van der Waals surface area (Å²) < 4.78 is 11.9. The molecule has 0 heterocycles. The first-order valence-corrected chi connectivity index (χ1v) is 2.38. The molecule has 1 unspecified atom stereocenters. The van der Waals surface area contributed by atoms with Crippen molar-refractivity contribution in [1.29, 1.82) is 0 Å². The number of nitrogens with one attached hydrogen (secondary N) is 1. The fourth-order valence-corrected chi connectivity index (χ4v) is 0.314. The van der Waals surface area contributed by atoms with Crippen LogP contribution in [0.4, 0.5) is 4.39 Å². The van der Waals surface area contributed by atoms with Crippen LogP contribution in [0.15, 0.2) is 24.9 Å². The normalized spacial score (nSPS) is 12.2. The van der Waals surface area contributed by atoms with Crippen LogP contribution in [-0.2, 0) is 0 Å². The zero-order valence-electron chi connectivity index (χ0n) is 4.95. The molecule has 0 saturated carbocycles. The van der Waals surface area contributed by atoms with Crippen molar-refractivity contribution < 1.29 is 4.39 Å². The fraction of sp³-hybridized carbons (Fsp3) is 0.333. The van der Waals surface area contributed by atoms with Crippen LogP contribution in [0.3, 0.4) is 0 Å². The SMILES string of the molecule is C=CC(=C)NC(C)F. The fourth-order valence-electron chi connectivity index (χ4n) is 0.314. The third-order valence-corrected chi connectivity index (χ3v) is 0.631. The molecule has 0 saturated heterocycles. The van der Waals surface area contributed by atoms with Crippen molar-refractivity contribution in [2.45, 2.75) is 13.2 Å². The molecule has 0 amide bonds. The lowest BCUT2D eigenvalue weighted by atomic mass is 10.5. The standard InChI is InChI=1S/C6H10FN/c1-4-5(2)8-6(3)7/h4,6,8H,1-2H2,3H3. The van der Waals surface area contributed by atoms with E-state index in [-0.39, 0.29) is 0 Å². The minimum Gasteiger partial charge on any atom is -0.357 e. The minimum absolute atomic E-state index is 0.514. The van der Waals surface area contributed by atoms with E-state index in [1.165, 1.54) is 13.0 Å². The lowest BCUT2D eigenvalue weighted by Crippen LogP contribution is -2.18. The van der Waals surface area contributed by atoms with Gasteiger partial charge in [-0.25, -0.2) is 4.39 Å². The maximum Gasteiger partial charge on any atom is 0.167 e. The van der Waals surface area contributed by atoms with Gasteiger partial charge in [0.05, 0.1) is 0 Å². The molecule has 0 aliphatic carbocycles. The molecule has 46 valence electrons. The van der Waals surface area contributed by atoms with Crippen molar-refractivity contribution in [3.63, 3.8) is 0 Å². The monoisotopic (exact) mass is 115 g/mol. The third kappa shape index (κ3) is 3.40. The lowest BCUT2D eigenvalue weighted by Gasteiger charge is -2.03. The van der Waals surface area contributed by atoms with Crippen LogP contribution in [0.2, 0.25) is 0 Å². The molecule has 0 aliphatic rings. The van der Waals surface area contributed by atoms with Gasteiger partial charge in [0.1, 0.15) is 0 Å². The Morgan fingerprint density at radius 2 is 2.38 bits per heavy atom. The topological polar surface area (TPSA) is 12.0 Å². The van der Waals surface area contributed by atoms with Gasteiger partial charge in [-0.1, -0.05) is 13.2 Å². The second-order valence-corrected chi connectivity index (χ2v) is 1.49. The number of hydrogen-bond acceptors (Lipinski definition) is 1. The van der Waals surface area contributed by atoms with Crippen molar-refractivity contribution in [1.82, 2.24) is 5.32 Å². The minimum atomic E-state index is -1.04. The van der Waals surface area contributed by atoms with Crippen LogP contribution in [-0.4, -0.2) is 6.30 Å². The summed E-state index contributed by atoms with van der Waals surface area (Å²) in [6, 6.07) is 0. The maximum absolute atomic E-state index is 11.9. The average Bonchev–Trinajstić information content (AvgIpc) is 1.65. The Kier molecular flexibility index (Phi) is 2.92. The van der Waals surface area contributed by atoms with E-state index in [9.17, 15) is 4.39 Å². The summed E-state index contributed by atoms with van der Waals surface area (Å²) in [5, 5.41) is 2.41. The van der Waals surface area contributed by atoms with Gasteiger partial charge in [0.2, 0.25) is 0 Å². The first-order valence-electron chi connectivity index (χ1n) is 2.38. The van der Waals surface area contributed by atoms with Gasteiger partial charge in [-0.2, -0.15) is 0 Å². The molecule has 0 bridgehead atoms. The Bertz CT molecular complexity index is 96.7. The molecule has 1 N–H and O–H groups in total. The van der Waals surface area contributed by atoms with E-state index in [1.807, 2.05) is 0 Å². The van der Waals surface area contributed by atoms with E-state index in [0.717, 1.165) is 0 Å². The Morgan fingerprint density at radius 1 is 1.88 bits per heavy atom. The highest BCUT2D eigenvalue weighted by atomic mass is 19.1. The van der Waals surface area contributed by atoms with E-state index in [4.69, 9.17) is 0 Å². The summed E-state index contributed by atoms with van der Waals surface area (Å²) in [6.07, 6.45) is 0.427. The molecule has 2 heteroatoms. The van der Waals surface area contributed by atoms with Crippen LogP contribution >= 0.6 is 0 Å². The molecule has 0 rings (SSSR count). The van der Waals surface area contributed by atoms with Gasteiger partial charge in [-0.3, -0.25) is 0 Å². The van der Waals surface area contributed by atoms with Crippen LogP contribution in [0.5, 0.6) is 0 Å². The van der Waals surface area contributed by atoms with E-state index in [0.29, 0.717) is 5.70 Å². The number of allylic oxidation sites excluding steroid dienone is 1. The first-order chi connectivity index (χ1) is 3.66. The van der Waals surface area contributed by atoms with Crippen LogP contribution in [0.25, 0.3) is 0 Å². The second-order valence-electron chi connectivity index (χ2n) is 1.49. The van der Waals surface area contributed by atoms with E-state index in [1.54, 1.807) is 0 Å². The van der Waals surface area contributed by atoms with Gasteiger partial charge in [-0.15, -0.1) is 0 Å². The number of halogens is 1. The van der Waals surface area contributed by atoms with Gasteiger partial charge >= 0.3 is 0 Å². The largest absolute Gasteiger partial charge is 0.357 e. The van der Waals surface area contributed by atoms with Crippen LogP contribution in [0.1, 0.15) is 6.92 Å². The Hall–Kier alpha value is -0.790. The summed E-state index contributed by atoms with van der Waals surface area (Å²) >= 11 is 0. The summed E-state index contributed by atoms with van der Waals surface area (Å²) in [7, 11) is 0. The predicted molar refractivity (Wildman–Crippen MR) is 33.0 cm³/mol. The van der Waals surface area contributed by atoms with Crippen LogP contribution in [0, 0.1) is 0 Å². The summed E-state index contributed by atoms with van der Waals surface area (Å²) in [4.78, 5) is 0. The predicted octanol–water partition coefficient (Wildman–Crippen LogP) is 1.59. The zero-order chi connectivity index (χ0) is 6.57. The van der Waals surface area contributed by atoms with E-state index >= 15 is 0 Å². The van der Waals surface area contributed by atoms with Gasteiger partial charge in [0.25, 0.3) is 0 Å². The highest BCUT2D eigenvalue weighted by Gasteiger charge is 1.92. The van der Waals surface area contributed by atoms with Crippen molar-refractivity contribution in [2.24, 2.45) is 0 Å². The molecule has 0 aliphatic heterocycles. The van der Waals surface area contributed by atoms with Gasteiger partial charge in [0.15, 0.2) is 6.30 Å². The average molecular weight is 115 g/mol. The van der Waals surface area contributed by atoms with Gasteiger partial charge in [0, 0.05) is 5.70 Å². The van der Waals surface area contributed by atoms with Crippen molar-refractivity contribution in [3.8, 4) is 0 Å².